The summed E-state index contributed by atoms with van der Waals surface area (Å²) in [7, 11) is 0. The number of carbonyl (C=O) groups excluding carboxylic acids is 4. The van der Waals surface area contributed by atoms with Crippen LogP contribution in [0.15, 0.2) is 60.8 Å². The van der Waals surface area contributed by atoms with Crippen LogP contribution in [0.4, 0.5) is 0 Å². The number of aromatic amines is 1. The number of para-hydroxylation sites is 1. The van der Waals surface area contributed by atoms with Gasteiger partial charge in [-0.3, -0.25) is 19.2 Å². The Kier molecular flexibility index (Phi) is 12.2. The third-order valence-corrected chi connectivity index (χ3v) is 6.97. The van der Waals surface area contributed by atoms with Gasteiger partial charge in [-0.25, -0.2) is 4.79 Å². The molecule has 0 fully saturated rings. The summed E-state index contributed by atoms with van der Waals surface area (Å²) in [5, 5.41) is 18.5. The molecule has 0 aliphatic carbocycles. The zero-order chi connectivity index (χ0) is 31.4. The van der Waals surface area contributed by atoms with Crippen LogP contribution in [0.2, 0.25) is 0 Å². The van der Waals surface area contributed by atoms with Gasteiger partial charge in [0.1, 0.15) is 18.1 Å². The molecule has 0 radical (unpaired) electrons. The van der Waals surface area contributed by atoms with Crippen molar-refractivity contribution < 1.29 is 29.1 Å². The maximum absolute atomic E-state index is 13.6. The van der Waals surface area contributed by atoms with Crippen molar-refractivity contribution in [3.05, 3.63) is 71.9 Å². The van der Waals surface area contributed by atoms with Gasteiger partial charge in [0.2, 0.25) is 23.6 Å². The molecule has 3 rings (SSSR count). The first kappa shape index (κ1) is 32.8. The number of fused-ring (bicyclic) bond motifs is 1. The fourth-order valence-corrected chi connectivity index (χ4v) is 4.67. The Hall–Kier alpha value is -4.75. The first-order valence-corrected chi connectivity index (χ1v) is 14.1. The number of hydrogen-bond acceptors (Lipinski definition) is 7. The first-order valence-electron chi connectivity index (χ1n) is 14.1. The number of H-pyrrole nitrogens is 1. The lowest BCUT2D eigenvalue weighted by atomic mass is 10.0. The van der Waals surface area contributed by atoms with Crippen molar-refractivity contribution in [3.8, 4) is 0 Å². The van der Waals surface area contributed by atoms with E-state index in [1.54, 1.807) is 36.5 Å². The molecule has 0 aliphatic rings. The zero-order valence-electron chi connectivity index (χ0n) is 23.8. The second-order valence-electron chi connectivity index (χ2n) is 10.3. The highest BCUT2D eigenvalue weighted by Gasteiger charge is 2.31. The van der Waals surface area contributed by atoms with Gasteiger partial charge in [-0.15, -0.1) is 0 Å². The van der Waals surface area contributed by atoms with E-state index in [1.807, 2.05) is 24.3 Å². The molecule has 13 nitrogen and oxygen atoms in total. The number of amides is 4. The summed E-state index contributed by atoms with van der Waals surface area (Å²) in [5.74, 6) is -4.14. The van der Waals surface area contributed by atoms with Crippen molar-refractivity contribution in [3.63, 3.8) is 0 Å². The SMILES string of the molecule is NCCCCC(NC(=O)C(N)CC(N)=O)C(=O)NC(Cc1c[nH]c2ccccc12)C(=O)NC(Cc1ccccc1)C(=O)O. The van der Waals surface area contributed by atoms with Crippen LogP contribution in [0.5, 0.6) is 0 Å². The number of nitrogens with one attached hydrogen (secondary N) is 4. The maximum Gasteiger partial charge on any atom is 0.326 e. The molecule has 4 amide bonds. The van der Waals surface area contributed by atoms with Gasteiger partial charge >= 0.3 is 5.97 Å². The van der Waals surface area contributed by atoms with E-state index in [4.69, 9.17) is 17.2 Å². The largest absolute Gasteiger partial charge is 0.480 e. The molecule has 4 atom stereocenters. The van der Waals surface area contributed by atoms with E-state index in [2.05, 4.69) is 20.9 Å². The van der Waals surface area contributed by atoms with Crippen molar-refractivity contribution in [1.82, 2.24) is 20.9 Å². The molecule has 230 valence electrons. The summed E-state index contributed by atoms with van der Waals surface area (Å²) in [6.45, 7) is 0.368. The Morgan fingerprint density at radius 3 is 2.09 bits per heavy atom. The molecule has 3 aromatic rings. The normalized spacial score (nSPS) is 13.8. The summed E-state index contributed by atoms with van der Waals surface area (Å²) in [6, 6.07) is 11.5. The second kappa shape index (κ2) is 16.0. The highest BCUT2D eigenvalue weighted by molar-refractivity contribution is 5.95. The average Bonchev–Trinajstić information content (AvgIpc) is 3.38. The number of carbonyl (C=O) groups is 5. The van der Waals surface area contributed by atoms with Crippen LogP contribution in [0.25, 0.3) is 10.9 Å². The predicted octanol–water partition coefficient (Wildman–Crippen LogP) is -0.176. The fourth-order valence-electron chi connectivity index (χ4n) is 4.67. The van der Waals surface area contributed by atoms with Crippen molar-refractivity contribution in [2.24, 2.45) is 17.2 Å². The summed E-state index contributed by atoms with van der Waals surface area (Å²) < 4.78 is 0. The Bertz CT molecular complexity index is 1410. The third kappa shape index (κ3) is 9.94. The summed E-state index contributed by atoms with van der Waals surface area (Å²) in [4.78, 5) is 66.2. The molecule has 0 bridgehead atoms. The molecule has 0 saturated carbocycles. The lowest BCUT2D eigenvalue weighted by Crippen LogP contribution is -2.58. The fraction of sp³-hybridized carbons (Fsp3) is 0.367. The first-order chi connectivity index (χ1) is 20.6. The van der Waals surface area contributed by atoms with E-state index < -0.39 is 60.2 Å². The van der Waals surface area contributed by atoms with Gasteiger partial charge in [0, 0.05) is 29.9 Å². The molecule has 11 N–H and O–H groups in total. The molecule has 0 aliphatic heterocycles. The van der Waals surface area contributed by atoms with Crippen LogP contribution in [-0.4, -0.2) is 70.4 Å². The van der Waals surface area contributed by atoms with E-state index in [0.29, 0.717) is 24.9 Å². The molecule has 1 aromatic heterocycles. The molecule has 43 heavy (non-hydrogen) atoms. The highest BCUT2D eigenvalue weighted by Crippen LogP contribution is 2.19. The minimum atomic E-state index is -1.26. The second-order valence-corrected chi connectivity index (χ2v) is 10.3. The minimum Gasteiger partial charge on any atom is -0.480 e. The van der Waals surface area contributed by atoms with Gasteiger partial charge in [-0.1, -0.05) is 48.5 Å². The number of aromatic nitrogens is 1. The van der Waals surface area contributed by atoms with Gasteiger partial charge in [0.05, 0.1) is 12.5 Å². The van der Waals surface area contributed by atoms with Crippen LogP contribution in [0.3, 0.4) is 0 Å². The van der Waals surface area contributed by atoms with Crippen LogP contribution < -0.4 is 33.2 Å². The smallest absolute Gasteiger partial charge is 0.326 e. The number of nitrogens with two attached hydrogens (primary N) is 3. The number of carboxylic acids is 1. The van der Waals surface area contributed by atoms with E-state index in [-0.39, 0.29) is 19.3 Å². The number of benzene rings is 2. The number of unbranched alkanes of at least 4 members (excludes halogenated alkanes) is 1. The summed E-state index contributed by atoms with van der Waals surface area (Å²) >= 11 is 0. The van der Waals surface area contributed by atoms with E-state index in [1.165, 1.54) is 0 Å². The molecule has 2 aromatic carbocycles. The van der Waals surface area contributed by atoms with Crippen molar-refractivity contribution >= 4 is 40.5 Å². The highest BCUT2D eigenvalue weighted by atomic mass is 16.4. The lowest BCUT2D eigenvalue weighted by Gasteiger charge is -2.25. The molecule has 0 spiro atoms. The third-order valence-electron chi connectivity index (χ3n) is 6.97. The number of hydrogen-bond donors (Lipinski definition) is 8. The molecule has 1 heterocycles. The van der Waals surface area contributed by atoms with Gasteiger partial charge in [-0.05, 0) is 43.0 Å². The molecular formula is C30H39N7O6. The monoisotopic (exact) mass is 593 g/mol. The number of primary amides is 1. The van der Waals surface area contributed by atoms with Crippen LogP contribution in [0.1, 0.15) is 36.8 Å². The maximum atomic E-state index is 13.6. The zero-order valence-corrected chi connectivity index (χ0v) is 23.8. The van der Waals surface area contributed by atoms with Crippen molar-refractivity contribution in [2.45, 2.75) is 62.7 Å². The van der Waals surface area contributed by atoms with Crippen LogP contribution >= 0.6 is 0 Å². The molecular weight excluding hydrogens is 554 g/mol. The predicted molar refractivity (Wildman–Crippen MR) is 160 cm³/mol. The number of carboxylic acid groups (broad SMARTS) is 1. The molecule has 0 saturated heterocycles. The van der Waals surface area contributed by atoms with Crippen molar-refractivity contribution in [2.75, 3.05) is 6.54 Å². The van der Waals surface area contributed by atoms with E-state index in [0.717, 1.165) is 16.5 Å². The quantitative estimate of drug-likeness (QED) is 0.0975. The van der Waals surface area contributed by atoms with Crippen LogP contribution in [-0.2, 0) is 36.8 Å². The number of aliphatic carboxylic acids is 1. The van der Waals surface area contributed by atoms with E-state index in [9.17, 15) is 29.1 Å². The van der Waals surface area contributed by atoms with Gasteiger partial charge in [0.15, 0.2) is 0 Å². The summed E-state index contributed by atoms with van der Waals surface area (Å²) in [5.41, 5.74) is 18.8. The Morgan fingerprint density at radius 2 is 1.42 bits per heavy atom. The van der Waals surface area contributed by atoms with E-state index >= 15 is 0 Å². The van der Waals surface area contributed by atoms with Gasteiger partial charge in [0.25, 0.3) is 0 Å². The number of rotatable bonds is 17. The summed E-state index contributed by atoms with van der Waals surface area (Å²) in [6.07, 6.45) is 2.62. The lowest BCUT2D eigenvalue weighted by molar-refractivity contribution is -0.142. The van der Waals surface area contributed by atoms with Crippen LogP contribution in [0, 0.1) is 0 Å². The Labute approximate surface area is 248 Å². The average molecular weight is 594 g/mol. The molecule has 13 heteroatoms. The molecule has 4 unspecified atom stereocenters. The Morgan fingerprint density at radius 1 is 0.791 bits per heavy atom. The standard InChI is InChI=1S/C30H39N7O6/c31-13-7-6-12-23(35-27(39)21(32)16-26(33)38)28(40)36-24(15-19-17-34-22-11-5-4-10-20(19)22)29(41)37-25(30(42)43)14-18-8-2-1-3-9-18/h1-5,8-11,17,21,23-25,34H,6-7,12-16,31-32H2,(H2,33,38)(H,35,39)(H,36,40)(H,37,41)(H,42,43). The minimum absolute atomic E-state index is 0.0317. The Balaban J connectivity index is 1.85. The van der Waals surface area contributed by atoms with Gasteiger partial charge in [-0.2, -0.15) is 0 Å². The van der Waals surface area contributed by atoms with Gasteiger partial charge < -0.3 is 43.2 Å². The van der Waals surface area contributed by atoms with Crippen molar-refractivity contribution in [1.29, 1.82) is 0 Å². The topological polar surface area (TPSA) is 236 Å².